The third-order valence-electron chi connectivity index (χ3n) is 4.27. The van der Waals surface area contributed by atoms with Crippen LogP contribution in [-0.2, 0) is 30.0 Å². The van der Waals surface area contributed by atoms with Gasteiger partial charge in [0.15, 0.2) is 0 Å². The van der Waals surface area contributed by atoms with Crippen LogP contribution in [0.25, 0.3) is 11.0 Å². The second-order valence-corrected chi connectivity index (χ2v) is 7.24. The Bertz CT molecular complexity index is 936. The first-order valence-electron chi connectivity index (χ1n) is 8.88. The van der Waals surface area contributed by atoms with Gasteiger partial charge < -0.3 is 10.1 Å². The van der Waals surface area contributed by atoms with E-state index >= 15 is 0 Å². The summed E-state index contributed by atoms with van der Waals surface area (Å²) in [6, 6.07) is 0. The molecular weight excluding hydrogens is 368 g/mol. The number of ether oxygens (including phenoxy) is 1. The number of fused-ring (bicyclic) bond motifs is 1. The van der Waals surface area contributed by atoms with Gasteiger partial charge in [-0.3, -0.25) is 18.7 Å². The van der Waals surface area contributed by atoms with E-state index in [2.05, 4.69) is 17.2 Å². The minimum Gasteiger partial charge on any atom is -0.383 e. The fraction of sp³-hybridized carbons (Fsp3) is 0.556. The van der Waals surface area contributed by atoms with Gasteiger partial charge in [-0.2, -0.15) is 0 Å². The molecule has 148 valence electrons. The van der Waals surface area contributed by atoms with Crippen molar-refractivity contribution in [3.05, 3.63) is 32.6 Å². The number of methoxy groups -OCH3 is 1. The van der Waals surface area contributed by atoms with E-state index in [-0.39, 0.29) is 17.2 Å². The number of nitrogens with one attached hydrogen (secondary N) is 1. The van der Waals surface area contributed by atoms with Gasteiger partial charge in [-0.15, -0.1) is 11.8 Å². The van der Waals surface area contributed by atoms with E-state index in [1.165, 1.54) is 23.4 Å². The topological polar surface area (TPSA) is 95.2 Å². The van der Waals surface area contributed by atoms with Crippen LogP contribution in [0.3, 0.4) is 0 Å². The Morgan fingerprint density at radius 2 is 2.04 bits per heavy atom. The number of unbranched alkanes of at least 4 members (excludes halogenated alkanes) is 1. The third kappa shape index (κ3) is 4.78. The molecule has 0 saturated carbocycles. The largest absolute Gasteiger partial charge is 0.383 e. The smallest absolute Gasteiger partial charge is 0.332 e. The van der Waals surface area contributed by atoms with Crippen LogP contribution in [-0.4, -0.2) is 46.0 Å². The third-order valence-corrected chi connectivity index (χ3v) is 5.43. The van der Waals surface area contributed by atoms with Crippen LogP contribution in [0.1, 0.15) is 25.3 Å². The normalized spacial score (nSPS) is 11.1. The molecule has 27 heavy (non-hydrogen) atoms. The first-order valence-corrected chi connectivity index (χ1v) is 9.86. The molecule has 2 heterocycles. The van der Waals surface area contributed by atoms with Gasteiger partial charge in [0, 0.05) is 38.8 Å². The standard InChI is InChI=1S/C18H26N4O4S/c1-5-6-7-12-10-20-16-14(17(24)22(3)18(25)21(16)2)15(12)27-11-13(23)19-8-9-26-4/h10H,5-9,11H2,1-4H3,(H,19,23). The number of carbonyl (C=O) groups excluding carboxylic acids is 1. The molecule has 0 aliphatic carbocycles. The summed E-state index contributed by atoms with van der Waals surface area (Å²) in [6.07, 6.45) is 4.43. The molecule has 2 aromatic rings. The van der Waals surface area contributed by atoms with Gasteiger partial charge in [0.25, 0.3) is 5.56 Å². The Morgan fingerprint density at radius 3 is 2.70 bits per heavy atom. The van der Waals surface area contributed by atoms with E-state index in [0.717, 1.165) is 34.3 Å². The van der Waals surface area contributed by atoms with Gasteiger partial charge >= 0.3 is 5.69 Å². The van der Waals surface area contributed by atoms with Gasteiger partial charge in [-0.25, -0.2) is 9.78 Å². The van der Waals surface area contributed by atoms with E-state index in [4.69, 9.17) is 4.74 Å². The van der Waals surface area contributed by atoms with E-state index in [1.807, 2.05) is 0 Å². The van der Waals surface area contributed by atoms with Crippen LogP contribution in [0.2, 0.25) is 0 Å². The van der Waals surface area contributed by atoms with Crippen molar-refractivity contribution in [1.82, 2.24) is 19.4 Å². The van der Waals surface area contributed by atoms with Crippen molar-refractivity contribution < 1.29 is 9.53 Å². The molecule has 1 amide bonds. The summed E-state index contributed by atoms with van der Waals surface area (Å²) < 4.78 is 7.37. The number of amides is 1. The summed E-state index contributed by atoms with van der Waals surface area (Å²) in [5.41, 5.74) is 0.455. The van der Waals surface area contributed by atoms with Gasteiger partial charge in [0.2, 0.25) is 5.91 Å². The maximum absolute atomic E-state index is 12.8. The maximum atomic E-state index is 12.8. The second kappa shape index (κ2) is 9.70. The molecule has 0 bridgehead atoms. The summed E-state index contributed by atoms with van der Waals surface area (Å²) in [4.78, 5) is 42.1. The van der Waals surface area contributed by atoms with Gasteiger partial charge in [-0.05, 0) is 18.4 Å². The molecule has 0 aliphatic heterocycles. The first-order chi connectivity index (χ1) is 12.9. The zero-order valence-electron chi connectivity index (χ0n) is 16.2. The minimum absolute atomic E-state index is 0.134. The molecule has 2 rings (SSSR count). The van der Waals surface area contributed by atoms with Gasteiger partial charge in [0.05, 0.1) is 17.7 Å². The van der Waals surface area contributed by atoms with Crippen LogP contribution in [0, 0.1) is 0 Å². The Kier molecular flexibility index (Phi) is 7.61. The van der Waals surface area contributed by atoms with E-state index in [9.17, 15) is 14.4 Å². The second-order valence-electron chi connectivity index (χ2n) is 6.25. The first kappa shape index (κ1) is 21.2. The quantitative estimate of drug-likeness (QED) is 0.500. The predicted octanol–water partition coefficient (Wildman–Crippen LogP) is 0.829. The SMILES string of the molecule is CCCCc1cnc2c(c1SCC(=O)NCCOC)c(=O)n(C)c(=O)n2C. The Balaban J connectivity index is 2.47. The molecule has 0 fully saturated rings. The molecule has 2 aromatic heterocycles. The fourth-order valence-electron chi connectivity index (χ4n) is 2.73. The summed E-state index contributed by atoms with van der Waals surface area (Å²) in [6.45, 7) is 2.97. The number of hydrogen-bond acceptors (Lipinski definition) is 6. The van der Waals surface area contributed by atoms with Gasteiger partial charge in [0.1, 0.15) is 5.65 Å². The molecular formula is C18H26N4O4S. The van der Waals surface area contributed by atoms with Crippen molar-refractivity contribution in [3.8, 4) is 0 Å². The van der Waals surface area contributed by atoms with Crippen LogP contribution in [0.15, 0.2) is 20.7 Å². The lowest BCUT2D eigenvalue weighted by Gasteiger charge is -2.14. The average molecular weight is 394 g/mol. The fourth-order valence-corrected chi connectivity index (χ4v) is 3.77. The lowest BCUT2D eigenvalue weighted by Crippen LogP contribution is -2.37. The molecule has 1 N–H and O–H groups in total. The lowest BCUT2D eigenvalue weighted by molar-refractivity contribution is -0.118. The number of rotatable bonds is 9. The van der Waals surface area contributed by atoms with Crippen LogP contribution >= 0.6 is 11.8 Å². The van der Waals surface area contributed by atoms with Crippen molar-refractivity contribution in [2.24, 2.45) is 14.1 Å². The Labute approximate surface area is 161 Å². The number of pyridine rings is 1. The zero-order chi connectivity index (χ0) is 20.0. The number of carbonyl (C=O) groups is 1. The van der Waals surface area contributed by atoms with E-state index < -0.39 is 5.69 Å². The highest BCUT2D eigenvalue weighted by Crippen LogP contribution is 2.29. The zero-order valence-corrected chi connectivity index (χ0v) is 17.0. The Hall–Kier alpha value is -2.13. The highest BCUT2D eigenvalue weighted by Gasteiger charge is 2.18. The number of nitrogens with zero attached hydrogens (tertiary/aromatic N) is 3. The van der Waals surface area contributed by atoms with E-state index in [0.29, 0.717) is 24.2 Å². The number of thioether (sulfide) groups is 1. The molecule has 0 aliphatic rings. The van der Waals surface area contributed by atoms with Crippen molar-refractivity contribution in [2.45, 2.75) is 31.1 Å². The number of aryl methyl sites for hydroxylation is 2. The van der Waals surface area contributed by atoms with Crippen molar-refractivity contribution in [3.63, 3.8) is 0 Å². The maximum Gasteiger partial charge on any atom is 0.332 e. The monoisotopic (exact) mass is 394 g/mol. The minimum atomic E-state index is -0.422. The summed E-state index contributed by atoms with van der Waals surface area (Å²) in [5, 5.41) is 3.16. The van der Waals surface area contributed by atoms with Crippen molar-refractivity contribution >= 4 is 28.7 Å². The highest BCUT2D eigenvalue weighted by molar-refractivity contribution is 8.00. The summed E-state index contributed by atoms with van der Waals surface area (Å²) in [5.74, 6) is 0.0404. The summed E-state index contributed by atoms with van der Waals surface area (Å²) in [7, 11) is 4.62. The molecule has 0 spiro atoms. The average Bonchev–Trinajstić information content (AvgIpc) is 2.67. The van der Waals surface area contributed by atoms with E-state index in [1.54, 1.807) is 20.4 Å². The van der Waals surface area contributed by atoms with Crippen LogP contribution in [0.4, 0.5) is 0 Å². The van der Waals surface area contributed by atoms with Crippen LogP contribution in [0.5, 0.6) is 0 Å². The summed E-state index contributed by atoms with van der Waals surface area (Å²) >= 11 is 1.31. The predicted molar refractivity (Wildman–Crippen MR) is 106 cm³/mol. The molecule has 9 heteroatoms. The van der Waals surface area contributed by atoms with Crippen LogP contribution < -0.4 is 16.6 Å². The number of hydrogen-bond donors (Lipinski definition) is 1. The van der Waals surface area contributed by atoms with Crippen molar-refractivity contribution in [1.29, 1.82) is 0 Å². The molecule has 0 unspecified atom stereocenters. The Morgan fingerprint density at radius 1 is 1.30 bits per heavy atom. The van der Waals surface area contributed by atoms with Crippen molar-refractivity contribution in [2.75, 3.05) is 26.0 Å². The molecule has 0 atom stereocenters. The molecule has 8 nitrogen and oxygen atoms in total. The molecule has 0 radical (unpaired) electrons. The molecule has 0 aromatic carbocycles. The lowest BCUT2D eigenvalue weighted by atomic mass is 10.1. The highest BCUT2D eigenvalue weighted by atomic mass is 32.2. The molecule has 0 saturated heterocycles. The number of aromatic nitrogens is 3. The van der Waals surface area contributed by atoms with Gasteiger partial charge in [-0.1, -0.05) is 13.3 Å².